The summed E-state index contributed by atoms with van der Waals surface area (Å²) in [4.78, 5) is 25.4. The smallest absolute Gasteiger partial charge is 0.410 e. The summed E-state index contributed by atoms with van der Waals surface area (Å²) in [5, 5.41) is 20.5. The number of rotatable bonds is 62. The van der Waals surface area contributed by atoms with Crippen molar-refractivity contribution in [1.29, 1.82) is 0 Å². The average molecular weight is 1100 g/mol. The highest BCUT2D eigenvalue weighted by Gasteiger charge is 2.08. The van der Waals surface area contributed by atoms with Gasteiger partial charge < -0.3 is 100 Å². The number of benzene rings is 1. The van der Waals surface area contributed by atoms with Crippen molar-refractivity contribution in [3.8, 4) is 5.75 Å². The highest BCUT2D eigenvalue weighted by Crippen LogP contribution is 2.17. The van der Waals surface area contributed by atoms with Gasteiger partial charge in [0.1, 0.15) is 29.6 Å². The summed E-state index contributed by atoms with van der Waals surface area (Å²) in [5.74, 6) is 0.198. The minimum Gasteiger partial charge on any atom is -0.410 e. The largest absolute Gasteiger partial charge is 0.412 e. The maximum atomic E-state index is 11.8. The summed E-state index contributed by atoms with van der Waals surface area (Å²) in [6.45, 7) is 18.3. The number of amides is 1. The summed E-state index contributed by atoms with van der Waals surface area (Å²) in [6.07, 6.45) is -0.683. The predicted molar refractivity (Wildman–Crippen MR) is 270 cm³/mol. The fourth-order valence-electron chi connectivity index (χ4n) is 5.28. The normalized spacial score (nSPS) is 11.3. The van der Waals surface area contributed by atoms with Gasteiger partial charge in [0.15, 0.2) is 0 Å². The Hall–Kier alpha value is -3.56. The van der Waals surface area contributed by atoms with Gasteiger partial charge in [-0.1, -0.05) is 0 Å². The lowest BCUT2D eigenvalue weighted by Crippen LogP contribution is -2.30. The van der Waals surface area contributed by atoms with Crippen molar-refractivity contribution in [2.45, 2.75) is 0 Å². The minimum absolute atomic E-state index is 0.0905. The van der Waals surface area contributed by atoms with E-state index in [9.17, 15) is 14.9 Å². The number of carbonyl (C=O) groups excluding carboxylic acids is 1. The first-order chi connectivity index (χ1) is 37.6. The molecule has 0 radical (unpaired) electrons. The van der Waals surface area contributed by atoms with Gasteiger partial charge in [0, 0.05) is 18.7 Å². The van der Waals surface area contributed by atoms with E-state index >= 15 is 0 Å². The van der Waals surface area contributed by atoms with Crippen LogP contribution < -0.4 is 15.0 Å². The summed E-state index contributed by atoms with van der Waals surface area (Å²) in [5.41, 5.74) is -0.0905. The summed E-state index contributed by atoms with van der Waals surface area (Å²) in [6, 6.07) is 5.20. The molecule has 0 saturated heterocycles. The molecule has 1 amide bonds. The second-order valence-electron chi connectivity index (χ2n) is 14.9. The van der Waals surface area contributed by atoms with Gasteiger partial charge in [-0.2, -0.15) is 0 Å². The van der Waals surface area contributed by atoms with Crippen LogP contribution in [0.5, 0.6) is 5.75 Å². The molecule has 0 heterocycles. The number of nitro groups is 1. The van der Waals surface area contributed by atoms with Crippen molar-refractivity contribution in [2.75, 3.05) is 271 Å². The molecule has 0 aliphatic carbocycles. The number of hydrogen-bond donors (Lipinski definition) is 1. The molecule has 76 heavy (non-hydrogen) atoms. The van der Waals surface area contributed by atoms with Gasteiger partial charge in [-0.3, -0.25) is 10.1 Å². The summed E-state index contributed by atoms with van der Waals surface area (Å²) < 4.78 is 109. The Kier molecular flexibility index (Phi) is 56.2. The lowest BCUT2D eigenvalue weighted by molar-refractivity contribution is -0.384. The molecule has 0 unspecified atom stereocenters. The van der Waals surface area contributed by atoms with Crippen LogP contribution >= 0.6 is 0 Å². The first-order valence-corrected chi connectivity index (χ1v) is 25.8. The maximum Gasteiger partial charge on any atom is 0.412 e. The van der Waals surface area contributed by atoms with E-state index in [1.165, 1.54) is 24.3 Å². The molecule has 0 saturated carbocycles. The number of nitrogens with zero attached hydrogens (tertiary/aromatic N) is 4. The van der Waals surface area contributed by atoms with Gasteiger partial charge in [0.2, 0.25) is 4.91 Å². The molecule has 1 aromatic carbocycles. The number of non-ortho nitro benzene ring substituents is 1. The third kappa shape index (κ3) is 55.2. The second kappa shape index (κ2) is 60.7. The van der Waals surface area contributed by atoms with Crippen molar-refractivity contribution in [3.63, 3.8) is 0 Å². The molecule has 0 atom stereocenters. The van der Waals surface area contributed by atoms with Crippen LogP contribution in [0.25, 0.3) is 0 Å². The van der Waals surface area contributed by atoms with Crippen LogP contribution in [0.2, 0.25) is 0 Å². The Morgan fingerprint density at radius 2 is 0.618 bits per heavy atom. The average Bonchev–Trinajstić information content (AvgIpc) is 3.42. The predicted octanol–water partition coefficient (Wildman–Crippen LogP) is 1.60. The molecule has 0 aliphatic heterocycles. The zero-order valence-electron chi connectivity index (χ0n) is 44.8. The maximum absolute atomic E-state index is 11.8. The lowest BCUT2D eigenvalue weighted by atomic mass is 10.3. The van der Waals surface area contributed by atoms with Gasteiger partial charge in [0.05, 0.1) is 256 Å². The van der Waals surface area contributed by atoms with E-state index in [0.29, 0.717) is 251 Å². The Morgan fingerprint density at radius 1 is 0.395 bits per heavy atom. The molecule has 28 heteroatoms. The lowest BCUT2D eigenvalue weighted by Gasteiger charge is -2.09. The van der Waals surface area contributed by atoms with Gasteiger partial charge in [-0.05, 0) is 12.1 Å². The van der Waals surface area contributed by atoms with Crippen LogP contribution in [0.15, 0.2) is 34.5 Å². The van der Waals surface area contributed by atoms with Crippen LogP contribution in [0, 0.1) is 10.1 Å². The Morgan fingerprint density at radius 3 is 0.842 bits per heavy atom. The number of nitrogens with one attached hydrogen (secondary N) is 1. The fourth-order valence-corrected chi connectivity index (χ4v) is 5.28. The quantitative estimate of drug-likeness (QED) is 0.0318. The van der Waals surface area contributed by atoms with Crippen molar-refractivity contribution >= 4 is 11.8 Å². The van der Waals surface area contributed by atoms with Crippen molar-refractivity contribution in [2.24, 2.45) is 10.2 Å². The van der Waals surface area contributed by atoms with Crippen LogP contribution in [0.1, 0.15) is 0 Å². The molecular formula is C48H88N5O23+. The first kappa shape index (κ1) is 70.5. The number of nitro benzene ring substituents is 1. The van der Waals surface area contributed by atoms with Crippen LogP contribution in [-0.4, -0.2) is 282 Å². The zero-order valence-corrected chi connectivity index (χ0v) is 44.8. The van der Waals surface area contributed by atoms with Crippen molar-refractivity contribution in [3.05, 3.63) is 34.4 Å². The molecular weight excluding hydrogens is 1010 g/mol. The van der Waals surface area contributed by atoms with Crippen LogP contribution in [-0.2, 0) is 90.0 Å². The molecule has 0 aromatic heterocycles. The Labute approximate surface area is 447 Å². The number of ether oxygens (including phenoxy) is 20. The molecule has 0 fully saturated rings. The standard InChI is InChI=1S/C48H87N5O23/c1-49-52-51-7-9-58-11-13-60-15-17-62-19-21-64-23-25-66-27-29-68-31-33-70-35-37-72-39-41-74-43-45-75-44-42-73-40-38-71-36-34-69-32-30-67-28-26-65-24-22-63-20-18-61-16-14-59-12-10-57-8-6-50-48(54)76-47-4-2-46(3-5-47)53(55)56/h2-5H,6-45H2,1H3/p+1. The molecule has 0 bridgehead atoms. The van der Waals surface area contributed by atoms with E-state index in [1.807, 2.05) is 0 Å². The van der Waals surface area contributed by atoms with Gasteiger partial charge >= 0.3 is 6.09 Å². The first-order valence-electron chi connectivity index (χ1n) is 25.8. The Bertz CT molecular complexity index is 1440. The summed E-state index contributed by atoms with van der Waals surface area (Å²) in [7, 11) is 1.57. The highest BCUT2D eigenvalue weighted by molar-refractivity contribution is 5.70. The van der Waals surface area contributed by atoms with Gasteiger partial charge in [0.25, 0.3) is 5.69 Å². The SMILES string of the molecule is CN=[N+]=NCCOCCOCCOCCOCCOCCOCCOCCOCCOCCOCCOCCOCCOCCOCCOCCOCCOCCOCCOCCNC(=O)Oc1ccc([N+](=O)[O-])cc1. The molecule has 1 rings (SSSR count). The summed E-state index contributed by atoms with van der Waals surface area (Å²) >= 11 is 0. The number of carbonyl (C=O) groups is 1. The van der Waals surface area contributed by atoms with E-state index in [0.717, 1.165) is 0 Å². The highest BCUT2D eigenvalue weighted by atomic mass is 16.6. The van der Waals surface area contributed by atoms with E-state index < -0.39 is 11.0 Å². The van der Waals surface area contributed by atoms with Crippen LogP contribution in [0.4, 0.5) is 10.5 Å². The van der Waals surface area contributed by atoms with E-state index in [-0.39, 0.29) is 24.6 Å². The molecule has 1 aromatic rings. The minimum atomic E-state index is -0.683. The molecule has 442 valence electrons. The van der Waals surface area contributed by atoms with Crippen molar-refractivity contribution in [1.82, 2.24) is 10.2 Å². The topological polar surface area (TPSA) is 296 Å². The molecule has 0 spiro atoms. The fraction of sp³-hybridized carbons (Fsp3) is 0.854. The third-order valence-corrected chi connectivity index (χ3v) is 8.96. The molecule has 28 nitrogen and oxygen atoms in total. The van der Waals surface area contributed by atoms with Crippen LogP contribution in [0.3, 0.4) is 0 Å². The van der Waals surface area contributed by atoms with Gasteiger partial charge in [-0.25, -0.2) is 4.79 Å². The van der Waals surface area contributed by atoms with Gasteiger partial charge in [-0.15, -0.1) is 0 Å². The Balaban J connectivity index is 1.61. The molecule has 1 N–H and O–H groups in total. The van der Waals surface area contributed by atoms with E-state index in [4.69, 9.17) is 94.7 Å². The second-order valence-corrected chi connectivity index (χ2v) is 14.9. The monoisotopic (exact) mass is 1100 g/mol. The van der Waals surface area contributed by atoms with E-state index in [2.05, 4.69) is 20.5 Å². The van der Waals surface area contributed by atoms with Crippen molar-refractivity contribution < 1.29 is 104 Å². The third-order valence-electron chi connectivity index (χ3n) is 8.96. The zero-order chi connectivity index (χ0) is 54.4. The number of hydrogen-bond acceptors (Lipinski definition) is 25. The molecule has 0 aliphatic rings. The van der Waals surface area contributed by atoms with E-state index in [1.54, 1.807) is 7.05 Å².